The molecule has 1 aromatic rings. The first kappa shape index (κ1) is 19.1. The van der Waals surface area contributed by atoms with Crippen molar-refractivity contribution in [1.29, 1.82) is 0 Å². The molecule has 2 heterocycles. The molecule has 2 N–H and O–H groups in total. The summed E-state index contributed by atoms with van der Waals surface area (Å²) in [6.45, 7) is 2.53. The summed E-state index contributed by atoms with van der Waals surface area (Å²) in [6, 6.07) is 0.187. The van der Waals surface area contributed by atoms with Crippen LogP contribution in [0.25, 0.3) is 0 Å². The molecule has 148 valence electrons. The van der Waals surface area contributed by atoms with E-state index in [4.69, 9.17) is 0 Å². The number of rotatable bonds is 6. The highest BCUT2D eigenvalue weighted by molar-refractivity contribution is 5.81. The predicted octanol–water partition coefficient (Wildman–Crippen LogP) is 0.747. The van der Waals surface area contributed by atoms with Crippen molar-refractivity contribution in [3.63, 3.8) is 0 Å². The van der Waals surface area contributed by atoms with Gasteiger partial charge >= 0.3 is 5.69 Å². The zero-order chi connectivity index (χ0) is 19.2. The second kappa shape index (κ2) is 8.83. The van der Waals surface area contributed by atoms with Crippen molar-refractivity contribution in [3.05, 3.63) is 22.5 Å². The van der Waals surface area contributed by atoms with Crippen molar-refractivity contribution in [2.45, 2.75) is 44.7 Å². The first-order valence-electron chi connectivity index (χ1n) is 9.49. The minimum atomic E-state index is -0.462. The number of guanidine groups is 1. The highest BCUT2D eigenvalue weighted by Crippen LogP contribution is 2.27. The average Bonchev–Trinajstić information content (AvgIpc) is 3.41. The van der Waals surface area contributed by atoms with E-state index < -0.39 is 4.92 Å². The molecule has 3 rings (SSSR count). The third-order valence-corrected chi connectivity index (χ3v) is 5.23. The first-order chi connectivity index (χ1) is 13.1. The molecule has 1 aromatic heterocycles. The molecular weight excluding hydrogens is 350 g/mol. The molecule has 0 radical (unpaired) electrons. The average molecular weight is 377 g/mol. The molecule has 1 aliphatic carbocycles. The number of likely N-dealkylation sites (tertiary alicyclic amines) is 1. The van der Waals surface area contributed by atoms with Gasteiger partial charge in [0.05, 0.1) is 11.5 Å². The van der Waals surface area contributed by atoms with Gasteiger partial charge in [0.15, 0.2) is 5.96 Å². The van der Waals surface area contributed by atoms with E-state index in [0.29, 0.717) is 31.5 Å². The number of nitrogens with one attached hydrogen (secondary N) is 2. The molecule has 0 bridgehead atoms. The van der Waals surface area contributed by atoms with E-state index in [2.05, 4.69) is 20.7 Å². The highest BCUT2D eigenvalue weighted by atomic mass is 16.6. The maximum Gasteiger partial charge on any atom is 0.306 e. The van der Waals surface area contributed by atoms with E-state index in [0.717, 1.165) is 25.8 Å². The Morgan fingerprint density at radius 1 is 1.41 bits per heavy atom. The third-order valence-electron chi connectivity index (χ3n) is 5.23. The van der Waals surface area contributed by atoms with Gasteiger partial charge in [0.2, 0.25) is 5.91 Å². The van der Waals surface area contributed by atoms with Gasteiger partial charge in [0.1, 0.15) is 12.4 Å². The summed E-state index contributed by atoms with van der Waals surface area (Å²) >= 11 is 0. The first-order valence-corrected chi connectivity index (χ1v) is 9.49. The summed E-state index contributed by atoms with van der Waals surface area (Å²) < 4.78 is 1.52. The lowest BCUT2D eigenvalue weighted by molar-refractivity contribution is -0.385. The van der Waals surface area contributed by atoms with Crippen LogP contribution in [0, 0.1) is 16.0 Å². The third kappa shape index (κ3) is 4.95. The maximum absolute atomic E-state index is 12.5. The van der Waals surface area contributed by atoms with Crippen LogP contribution in [-0.4, -0.2) is 64.2 Å². The lowest BCUT2D eigenvalue weighted by atomic mass is 10.1. The summed E-state index contributed by atoms with van der Waals surface area (Å²) in [5, 5.41) is 21.2. The van der Waals surface area contributed by atoms with E-state index >= 15 is 0 Å². The molecule has 0 aromatic carbocycles. The number of hydrogen-bond acceptors (Lipinski definition) is 5. The molecule has 0 spiro atoms. The number of carbonyl (C=O) groups is 1. The second-order valence-electron chi connectivity index (χ2n) is 7.11. The topological polar surface area (TPSA) is 118 Å². The van der Waals surface area contributed by atoms with Gasteiger partial charge < -0.3 is 15.5 Å². The standard InChI is InChI=1S/C17H27N7O3/c1-18-17(19-7-9-23-12-15(10-20-23)24(26)27)21-14-6-8-22(11-14)16(25)13-4-2-3-5-13/h10,12-14H,2-9,11H2,1H3,(H2,18,19,21). The van der Waals surface area contributed by atoms with Crippen LogP contribution in [0.4, 0.5) is 5.69 Å². The Bertz CT molecular complexity index is 696. The largest absolute Gasteiger partial charge is 0.355 e. The molecule has 1 atom stereocenters. The molecule has 1 unspecified atom stereocenters. The Labute approximate surface area is 158 Å². The zero-order valence-electron chi connectivity index (χ0n) is 15.6. The fourth-order valence-corrected chi connectivity index (χ4v) is 3.76. The maximum atomic E-state index is 12.5. The lowest BCUT2D eigenvalue weighted by Gasteiger charge is -2.21. The Morgan fingerprint density at radius 3 is 2.85 bits per heavy atom. The summed E-state index contributed by atoms with van der Waals surface area (Å²) in [4.78, 5) is 28.9. The van der Waals surface area contributed by atoms with Gasteiger partial charge in [-0.2, -0.15) is 5.10 Å². The van der Waals surface area contributed by atoms with Crippen molar-refractivity contribution in [3.8, 4) is 0 Å². The Balaban J connectivity index is 1.41. The number of aromatic nitrogens is 2. The van der Waals surface area contributed by atoms with Crippen molar-refractivity contribution in [2.75, 3.05) is 26.7 Å². The van der Waals surface area contributed by atoms with Crippen LogP contribution in [0.2, 0.25) is 0 Å². The summed E-state index contributed by atoms with van der Waals surface area (Å²) in [6.07, 6.45) is 7.95. The normalized spacial score (nSPS) is 20.9. The van der Waals surface area contributed by atoms with E-state index in [1.54, 1.807) is 7.05 Å². The van der Waals surface area contributed by atoms with Gasteiger partial charge in [-0.25, -0.2) is 0 Å². The van der Waals surface area contributed by atoms with Crippen molar-refractivity contribution in [1.82, 2.24) is 25.3 Å². The van der Waals surface area contributed by atoms with Crippen LogP contribution in [-0.2, 0) is 11.3 Å². The van der Waals surface area contributed by atoms with E-state index in [-0.39, 0.29) is 17.6 Å². The molecule has 1 amide bonds. The summed E-state index contributed by atoms with van der Waals surface area (Å²) in [5.41, 5.74) is -0.0181. The van der Waals surface area contributed by atoms with Gasteiger partial charge in [0.25, 0.3) is 0 Å². The Morgan fingerprint density at radius 2 is 2.19 bits per heavy atom. The quantitative estimate of drug-likeness (QED) is 0.327. The van der Waals surface area contributed by atoms with Gasteiger partial charge in [0, 0.05) is 38.6 Å². The molecule has 10 nitrogen and oxygen atoms in total. The van der Waals surface area contributed by atoms with E-state index in [1.807, 2.05) is 4.90 Å². The van der Waals surface area contributed by atoms with Crippen molar-refractivity contribution in [2.24, 2.45) is 10.9 Å². The van der Waals surface area contributed by atoms with Gasteiger partial charge in [-0.1, -0.05) is 12.8 Å². The van der Waals surface area contributed by atoms with Crippen molar-refractivity contribution >= 4 is 17.6 Å². The minimum Gasteiger partial charge on any atom is -0.355 e. The van der Waals surface area contributed by atoms with E-state index in [9.17, 15) is 14.9 Å². The van der Waals surface area contributed by atoms with Crippen LogP contribution >= 0.6 is 0 Å². The van der Waals surface area contributed by atoms with Crippen LogP contribution in [0.5, 0.6) is 0 Å². The fraction of sp³-hybridized carbons (Fsp3) is 0.706. The van der Waals surface area contributed by atoms with Crippen molar-refractivity contribution < 1.29 is 9.72 Å². The summed E-state index contributed by atoms with van der Waals surface area (Å²) in [5.74, 6) is 1.19. The molecule has 10 heteroatoms. The number of nitro groups is 1. The molecule has 1 saturated heterocycles. The minimum absolute atomic E-state index is 0.0181. The number of amides is 1. The summed E-state index contributed by atoms with van der Waals surface area (Å²) in [7, 11) is 1.70. The number of aliphatic imine (C=N–C) groups is 1. The van der Waals surface area contributed by atoms with E-state index in [1.165, 1.54) is 29.9 Å². The fourth-order valence-electron chi connectivity index (χ4n) is 3.76. The van der Waals surface area contributed by atoms with Crippen LogP contribution < -0.4 is 10.6 Å². The Kier molecular flexibility index (Phi) is 6.25. The zero-order valence-corrected chi connectivity index (χ0v) is 15.6. The molecule has 1 aliphatic heterocycles. The highest BCUT2D eigenvalue weighted by Gasteiger charge is 2.32. The number of hydrogen-bond donors (Lipinski definition) is 2. The van der Waals surface area contributed by atoms with Gasteiger partial charge in [-0.15, -0.1) is 0 Å². The van der Waals surface area contributed by atoms with Gasteiger partial charge in [-0.3, -0.25) is 24.6 Å². The van der Waals surface area contributed by atoms with Crippen LogP contribution in [0.15, 0.2) is 17.4 Å². The predicted molar refractivity (Wildman–Crippen MR) is 100 cm³/mol. The SMILES string of the molecule is CN=C(NCCn1cc([N+](=O)[O-])cn1)NC1CCN(C(=O)C2CCCC2)C1. The molecule has 27 heavy (non-hydrogen) atoms. The monoisotopic (exact) mass is 377 g/mol. The lowest BCUT2D eigenvalue weighted by Crippen LogP contribution is -2.46. The molecule has 1 saturated carbocycles. The smallest absolute Gasteiger partial charge is 0.306 e. The van der Waals surface area contributed by atoms with Crippen LogP contribution in [0.1, 0.15) is 32.1 Å². The Hall–Kier alpha value is -2.65. The number of carbonyl (C=O) groups excluding carboxylic acids is 1. The number of nitrogens with zero attached hydrogens (tertiary/aromatic N) is 5. The molecule has 2 fully saturated rings. The van der Waals surface area contributed by atoms with Gasteiger partial charge in [-0.05, 0) is 19.3 Å². The molecule has 2 aliphatic rings. The van der Waals surface area contributed by atoms with Crippen LogP contribution in [0.3, 0.4) is 0 Å². The second-order valence-corrected chi connectivity index (χ2v) is 7.11. The molecular formula is C17H27N7O3.